The third-order valence-electron chi connectivity index (χ3n) is 4.43. The summed E-state index contributed by atoms with van der Waals surface area (Å²) in [4.78, 5) is 36.9. The fourth-order valence-electron chi connectivity index (χ4n) is 2.67. The van der Waals surface area contributed by atoms with E-state index in [1.165, 1.54) is 11.0 Å². The summed E-state index contributed by atoms with van der Waals surface area (Å²) in [6.07, 6.45) is 0. The molecule has 0 spiro atoms. The van der Waals surface area contributed by atoms with Gasteiger partial charge in [0.2, 0.25) is 5.91 Å². The van der Waals surface area contributed by atoms with Gasteiger partial charge in [-0.3, -0.25) is 9.59 Å². The summed E-state index contributed by atoms with van der Waals surface area (Å²) in [5.41, 5.74) is 1.67. The Morgan fingerprint density at radius 1 is 1.14 bits per heavy atom. The fourth-order valence-corrected chi connectivity index (χ4v) is 2.67. The topological polar surface area (TPSA) is 99.9 Å². The first kappa shape index (κ1) is 21.2. The average molecular weight is 386 g/mol. The molecule has 2 aromatic rings. The molecule has 1 heterocycles. The fraction of sp³-hybridized carbons (Fsp3) is 0.381. The third-order valence-corrected chi connectivity index (χ3v) is 4.43. The number of nitrogens with zero attached hydrogens (tertiary/aromatic N) is 1. The van der Waals surface area contributed by atoms with Crippen LogP contribution in [0.4, 0.5) is 0 Å². The van der Waals surface area contributed by atoms with Crippen molar-refractivity contribution in [3.8, 4) is 0 Å². The van der Waals surface area contributed by atoms with Crippen LogP contribution >= 0.6 is 0 Å². The van der Waals surface area contributed by atoms with Gasteiger partial charge in [0.1, 0.15) is 17.1 Å². The number of benzene rings is 1. The Labute approximate surface area is 164 Å². The van der Waals surface area contributed by atoms with Crippen molar-refractivity contribution in [2.24, 2.45) is 0 Å². The minimum Gasteiger partial charge on any atom is -0.478 e. The molecule has 28 heavy (non-hydrogen) atoms. The first-order valence-electron chi connectivity index (χ1n) is 8.94. The number of nitrogens with one attached hydrogen (secondary N) is 1. The van der Waals surface area contributed by atoms with Gasteiger partial charge in [0, 0.05) is 12.6 Å². The molecule has 2 N–H and O–H groups in total. The number of carbonyl (C=O) groups excluding carboxylic acids is 2. The summed E-state index contributed by atoms with van der Waals surface area (Å²) in [6.45, 7) is 7.79. The third kappa shape index (κ3) is 5.22. The lowest BCUT2D eigenvalue weighted by molar-refractivity contribution is -0.129. The zero-order chi connectivity index (χ0) is 21.1. The van der Waals surface area contributed by atoms with Gasteiger partial charge in [-0.15, -0.1) is 0 Å². The van der Waals surface area contributed by atoms with E-state index < -0.39 is 5.97 Å². The second kappa shape index (κ2) is 8.29. The van der Waals surface area contributed by atoms with Crippen molar-refractivity contribution in [2.45, 2.75) is 39.7 Å². The minimum atomic E-state index is -1.08. The molecule has 7 nitrogen and oxygen atoms in total. The van der Waals surface area contributed by atoms with Crippen molar-refractivity contribution >= 4 is 17.8 Å². The molecule has 0 unspecified atom stereocenters. The molecule has 2 amide bonds. The standard InChI is InChI=1S/C21H26N2O5/c1-13-17(20(26)27)10-16(28-13)12-23(5)18(24)11-22-19(25)14-6-8-15(9-7-14)21(2,3)4/h6-10H,11-12H2,1-5H3,(H,22,25)(H,26,27). The van der Waals surface area contributed by atoms with Crippen molar-refractivity contribution in [3.63, 3.8) is 0 Å². The van der Waals surface area contributed by atoms with E-state index in [-0.39, 0.29) is 41.6 Å². The van der Waals surface area contributed by atoms with E-state index in [4.69, 9.17) is 9.52 Å². The van der Waals surface area contributed by atoms with Crippen LogP contribution in [0.15, 0.2) is 34.7 Å². The molecular weight excluding hydrogens is 360 g/mol. The zero-order valence-corrected chi connectivity index (χ0v) is 16.8. The summed E-state index contributed by atoms with van der Waals surface area (Å²) in [6, 6.07) is 8.69. The number of likely N-dealkylation sites (N-methyl/N-ethyl adjacent to an activating group) is 1. The number of hydrogen-bond acceptors (Lipinski definition) is 4. The first-order chi connectivity index (χ1) is 13.0. The van der Waals surface area contributed by atoms with Gasteiger partial charge in [0.15, 0.2) is 0 Å². The monoisotopic (exact) mass is 386 g/mol. The molecular formula is C21H26N2O5. The van der Waals surface area contributed by atoms with Crippen molar-refractivity contribution in [3.05, 3.63) is 58.5 Å². The van der Waals surface area contributed by atoms with Gasteiger partial charge in [-0.05, 0) is 36.1 Å². The predicted octanol–water partition coefficient (Wildman–Crippen LogP) is 2.97. The highest BCUT2D eigenvalue weighted by Gasteiger charge is 2.18. The molecule has 1 aromatic carbocycles. The van der Waals surface area contributed by atoms with Crippen LogP contribution in [0, 0.1) is 6.92 Å². The second-order valence-electron chi connectivity index (χ2n) is 7.75. The number of carboxylic acids is 1. The molecule has 7 heteroatoms. The Bertz CT molecular complexity index is 875. The van der Waals surface area contributed by atoms with Crippen molar-refractivity contribution in [1.82, 2.24) is 10.2 Å². The predicted molar refractivity (Wildman–Crippen MR) is 104 cm³/mol. The summed E-state index contributed by atoms with van der Waals surface area (Å²) in [5.74, 6) is -1.06. The van der Waals surface area contributed by atoms with Crippen LogP contribution in [-0.4, -0.2) is 41.4 Å². The Hall–Kier alpha value is -3.09. The molecule has 0 aliphatic heterocycles. The molecule has 0 atom stereocenters. The van der Waals surface area contributed by atoms with E-state index in [2.05, 4.69) is 26.1 Å². The molecule has 1 aromatic heterocycles. The van der Waals surface area contributed by atoms with E-state index in [0.717, 1.165) is 5.56 Å². The maximum atomic E-state index is 12.2. The van der Waals surface area contributed by atoms with Crippen LogP contribution in [0.3, 0.4) is 0 Å². The maximum absolute atomic E-state index is 12.2. The van der Waals surface area contributed by atoms with E-state index in [0.29, 0.717) is 11.3 Å². The molecule has 2 rings (SSSR count). The summed E-state index contributed by atoms with van der Waals surface area (Å²) >= 11 is 0. The lowest BCUT2D eigenvalue weighted by atomic mass is 9.87. The summed E-state index contributed by atoms with van der Waals surface area (Å²) < 4.78 is 5.37. The number of furan rings is 1. The van der Waals surface area contributed by atoms with Gasteiger partial charge in [0.05, 0.1) is 13.1 Å². The number of carboxylic acid groups (broad SMARTS) is 1. The van der Waals surface area contributed by atoms with Gasteiger partial charge < -0.3 is 19.7 Å². The lowest BCUT2D eigenvalue weighted by Gasteiger charge is -2.19. The number of carbonyl (C=O) groups is 3. The Balaban J connectivity index is 1.91. The lowest BCUT2D eigenvalue weighted by Crippen LogP contribution is -2.37. The van der Waals surface area contributed by atoms with Crippen molar-refractivity contribution in [1.29, 1.82) is 0 Å². The molecule has 0 aliphatic rings. The van der Waals surface area contributed by atoms with E-state index in [1.807, 2.05) is 12.1 Å². The first-order valence-corrected chi connectivity index (χ1v) is 8.94. The van der Waals surface area contributed by atoms with Gasteiger partial charge in [-0.1, -0.05) is 32.9 Å². The van der Waals surface area contributed by atoms with Crippen LogP contribution in [0.1, 0.15) is 58.6 Å². The Kier molecular flexibility index (Phi) is 6.28. The molecule has 0 saturated heterocycles. The van der Waals surface area contributed by atoms with Crippen LogP contribution < -0.4 is 5.32 Å². The number of amides is 2. The van der Waals surface area contributed by atoms with Crippen LogP contribution in [-0.2, 0) is 16.8 Å². The number of aryl methyl sites for hydroxylation is 1. The molecule has 0 radical (unpaired) electrons. The Morgan fingerprint density at radius 2 is 1.75 bits per heavy atom. The largest absolute Gasteiger partial charge is 0.478 e. The number of aromatic carboxylic acids is 1. The SMILES string of the molecule is Cc1oc(CN(C)C(=O)CNC(=O)c2ccc(C(C)(C)C)cc2)cc1C(=O)O. The highest BCUT2D eigenvalue weighted by molar-refractivity contribution is 5.96. The maximum Gasteiger partial charge on any atom is 0.339 e. The average Bonchev–Trinajstić information content (AvgIpc) is 2.99. The van der Waals surface area contributed by atoms with Crippen molar-refractivity contribution < 1.29 is 23.9 Å². The highest BCUT2D eigenvalue weighted by Crippen LogP contribution is 2.22. The summed E-state index contributed by atoms with van der Waals surface area (Å²) in [7, 11) is 1.56. The molecule has 0 aliphatic carbocycles. The normalized spacial score (nSPS) is 11.2. The molecule has 150 valence electrons. The molecule has 0 bridgehead atoms. The Morgan fingerprint density at radius 3 is 2.25 bits per heavy atom. The summed E-state index contributed by atoms with van der Waals surface area (Å²) in [5, 5.41) is 11.7. The molecule has 0 saturated carbocycles. The van der Waals surface area contributed by atoms with Crippen LogP contribution in [0.2, 0.25) is 0 Å². The highest BCUT2D eigenvalue weighted by atomic mass is 16.4. The zero-order valence-electron chi connectivity index (χ0n) is 16.8. The van der Waals surface area contributed by atoms with Gasteiger partial charge in [-0.2, -0.15) is 0 Å². The van der Waals surface area contributed by atoms with Crippen molar-refractivity contribution in [2.75, 3.05) is 13.6 Å². The van der Waals surface area contributed by atoms with Gasteiger partial charge >= 0.3 is 5.97 Å². The molecule has 0 fully saturated rings. The van der Waals surface area contributed by atoms with Crippen LogP contribution in [0.25, 0.3) is 0 Å². The van der Waals surface area contributed by atoms with E-state index >= 15 is 0 Å². The number of rotatable bonds is 6. The number of hydrogen-bond donors (Lipinski definition) is 2. The minimum absolute atomic E-state index is 0.00159. The van der Waals surface area contributed by atoms with Crippen LogP contribution in [0.5, 0.6) is 0 Å². The van der Waals surface area contributed by atoms with Gasteiger partial charge in [0.25, 0.3) is 5.91 Å². The van der Waals surface area contributed by atoms with E-state index in [1.54, 1.807) is 26.1 Å². The van der Waals surface area contributed by atoms with E-state index in [9.17, 15) is 14.4 Å². The quantitative estimate of drug-likeness (QED) is 0.795. The van der Waals surface area contributed by atoms with Gasteiger partial charge in [-0.25, -0.2) is 4.79 Å². The smallest absolute Gasteiger partial charge is 0.339 e. The second-order valence-corrected chi connectivity index (χ2v) is 7.75.